The van der Waals surface area contributed by atoms with Crippen molar-refractivity contribution in [2.75, 3.05) is 0 Å². The molecule has 0 amide bonds. The van der Waals surface area contributed by atoms with Crippen LogP contribution in [0, 0.1) is 0 Å². The number of hydrogen-bond donors (Lipinski definition) is 0. The highest BCUT2D eigenvalue weighted by atomic mass is 16.5. The minimum atomic E-state index is -0.566. The van der Waals surface area contributed by atoms with E-state index in [0.29, 0.717) is 17.1 Å². The van der Waals surface area contributed by atoms with Crippen LogP contribution in [0.5, 0.6) is 5.88 Å². The molecule has 0 aliphatic heterocycles. The van der Waals surface area contributed by atoms with E-state index >= 15 is 0 Å². The summed E-state index contributed by atoms with van der Waals surface area (Å²) in [6.45, 7) is 0. The molecule has 0 unspecified atom stereocenters. The van der Waals surface area contributed by atoms with Crippen molar-refractivity contribution in [2.24, 2.45) is 0 Å². The summed E-state index contributed by atoms with van der Waals surface area (Å²) in [5.74, 6) is -0.205. The predicted octanol–water partition coefficient (Wildman–Crippen LogP) is 4.12. The molecule has 28 heavy (non-hydrogen) atoms. The van der Waals surface area contributed by atoms with Crippen molar-refractivity contribution in [3.05, 3.63) is 113 Å². The molecule has 3 aromatic carbocycles. The van der Waals surface area contributed by atoms with Crippen LogP contribution in [0.1, 0.15) is 10.4 Å². The average Bonchev–Trinajstić information content (AvgIpc) is 2.75. The number of para-hydroxylation sites is 1. The van der Waals surface area contributed by atoms with Gasteiger partial charge in [0.1, 0.15) is 0 Å². The van der Waals surface area contributed by atoms with Gasteiger partial charge in [0.2, 0.25) is 5.88 Å². The molecule has 0 aliphatic carbocycles. The lowest BCUT2D eigenvalue weighted by molar-refractivity contribution is 0.0727. The molecule has 0 atom stereocenters. The molecule has 1 heterocycles. The Bertz CT molecular complexity index is 1150. The lowest BCUT2D eigenvalue weighted by Gasteiger charge is -2.13. The van der Waals surface area contributed by atoms with Gasteiger partial charge < -0.3 is 4.74 Å². The normalized spacial score (nSPS) is 10.4. The number of nitrogens with zero attached hydrogens (tertiary/aromatic N) is 2. The number of esters is 1. The molecule has 4 rings (SSSR count). The second-order valence-electron chi connectivity index (χ2n) is 6.05. The first-order chi connectivity index (χ1) is 13.7. The van der Waals surface area contributed by atoms with Crippen LogP contribution in [0.25, 0.3) is 17.1 Å². The maximum absolute atomic E-state index is 12.9. The van der Waals surface area contributed by atoms with Crippen LogP contribution in [-0.2, 0) is 0 Å². The molecule has 0 spiro atoms. The molecule has 136 valence electrons. The van der Waals surface area contributed by atoms with Gasteiger partial charge in [-0.25, -0.2) is 4.79 Å². The Morgan fingerprint density at radius 2 is 1.36 bits per heavy atom. The van der Waals surface area contributed by atoms with E-state index in [2.05, 4.69) is 4.98 Å². The zero-order valence-electron chi connectivity index (χ0n) is 14.9. The van der Waals surface area contributed by atoms with Crippen molar-refractivity contribution in [1.29, 1.82) is 0 Å². The fraction of sp³-hybridized carbons (Fsp3) is 0. The summed E-state index contributed by atoms with van der Waals surface area (Å²) in [5, 5.41) is 0. The summed E-state index contributed by atoms with van der Waals surface area (Å²) < 4.78 is 6.87. The highest BCUT2D eigenvalue weighted by molar-refractivity contribution is 5.90. The van der Waals surface area contributed by atoms with Gasteiger partial charge in [0, 0.05) is 5.56 Å². The van der Waals surface area contributed by atoms with Crippen LogP contribution in [0.2, 0.25) is 0 Å². The van der Waals surface area contributed by atoms with Gasteiger partial charge in [-0.05, 0) is 24.3 Å². The third-order valence-corrected chi connectivity index (χ3v) is 4.15. The van der Waals surface area contributed by atoms with Gasteiger partial charge >= 0.3 is 5.97 Å². The van der Waals surface area contributed by atoms with Gasteiger partial charge in [-0.1, -0.05) is 66.7 Å². The fourth-order valence-corrected chi connectivity index (χ4v) is 2.85. The van der Waals surface area contributed by atoms with E-state index in [1.165, 1.54) is 10.6 Å². The highest BCUT2D eigenvalue weighted by Crippen LogP contribution is 2.21. The van der Waals surface area contributed by atoms with Crippen molar-refractivity contribution in [3.8, 4) is 23.0 Å². The predicted molar refractivity (Wildman–Crippen MR) is 107 cm³/mol. The largest absolute Gasteiger partial charge is 0.404 e. The van der Waals surface area contributed by atoms with Crippen LogP contribution in [-0.4, -0.2) is 15.5 Å². The highest BCUT2D eigenvalue weighted by Gasteiger charge is 2.16. The van der Waals surface area contributed by atoms with E-state index in [9.17, 15) is 9.59 Å². The number of hydrogen-bond acceptors (Lipinski definition) is 4. The molecule has 5 nitrogen and oxygen atoms in total. The zero-order chi connectivity index (χ0) is 19.3. The Morgan fingerprint density at radius 3 is 2.00 bits per heavy atom. The minimum Gasteiger partial charge on any atom is -0.404 e. The number of ether oxygens (including phenoxy) is 1. The quantitative estimate of drug-likeness (QED) is 0.509. The van der Waals surface area contributed by atoms with Gasteiger partial charge in [0.15, 0.2) is 5.82 Å². The molecule has 0 aliphatic rings. The van der Waals surface area contributed by atoms with Gasteiger partial charge in [0.25, 0.3) is 5.56 Å². The lowest BCUT2D eigenvalue weighted by atomic mass is 10.2. The summed E-state index contributed by atoms with van der Waals surface area (Å²) in [7, 11) is 0. The Hall–Kier alpha value is -3.99. The second kappa shape index (κ2) is 7.72. The van der Waals surface area contributed by atoms with Crippen LogP contribution in [0.3, 0.4) is 0 Å². The third kappa shape index (κ3) is 3.59. The standard InChI is InChI=1S/C23H16N2O3/c26-21-16-20(28-23(27)18-12-6-2-7-13-18)24-22(17-10-4-1-5-11-17)25(21)19-14-8-3-9-15-19/h1-16H. The maximum Gasteiger partial charge on any atom is 0.344 e. The van der Waals surface area contributed by atoms with Crippen molar-refractivity contribution in [1.82, 2.24) is 9.55 Å². The van der Waals surface area contributed by atoms with E-state index < -0.39 is 5.97 Å². The SMILES string of the molecule is O=C(Oc1cc(=O)n(-c2ccccc2)c(-c2ccccc2)n1)c1ccccc1. The Morgan fingerprint density at radius 1 is 0.786 bits per heavy atom. The van der Waals surface area contributed by atoms with Crippen molar-refractivity contribution < 1.29 is 9.53 Å². The number of aromatic nitrogens is 2. The Balaban J connectivity index is 1.82. The summed E-state index contributed by atoms with van der Waals surface area (Å²) in [6, 6.07) is 28.3. The summed E-state index contributed by atoms with van der Waals surface area (Å²) in [6.07, 6.45) is 0. The Labute approximate surface area is 161 Å². The molecule has 0 saturated carbocycles. The topological polar surface area (TPSA) is 61.2 Å². The van der Waals surface area contributed by atoms with Crippen LogP contribution < -0.4 is 10.3 Å². The van der Waals surface area contributed by atoms with E-state index in [1.807, 2.05) is 66.7 Å². The first kappa shape index (κ1) is 17.4. The summed E-state index contributed by atoms with van der Waals surface area (Å²) >= 11 is 0. The smallest absolute Gasteiger partial charge is 0.344 e. The molecule has 1 aromatic heterocycles. The van der Waals surface area contributed by atoms with Crippen LogP contribution in [0.15, 0.2) is 102 Å². The van der Waals surface area contributed by atoms with E-state index in [1.54, 1.807) is 24.3 Å². The van der Waals surface area contributed by atoms with Crippen molar-refractivity contribution >= 4 is 5.97 Å². The summed E-state index contributed by atoms with van der Waals surface area (Å²) in [5.41, 5.74) is 1.47. The zero-order valence-corrected chi connectivity index (χ0v) is 14.9. The van der Waals surface area contributed by atoms with E-state index in [0.717, 1.165) is 5.56 Å². The van der Waals surface area contributed by atoms with Gasteiger partial charge in [-0.15, -0.1) is 0 Å². The molecular weight excluding hydrogens is 352 g/mol. The summed E-state index contributed by atoms with van der Waals surface area (Å²) in [4.78, 5) is 29.7. The van der Waals surface area contributed by atoms with Crippen LogP contribution in [0.4, 0.5) is 0 Å². The lowest BCUT2D eigenvalue weighted by Crippen LogP contribution is -2.22. The van der Waals surface area contributed by atoms with Gasteiger partial charge in [-0.2, -0.15) is 4.98 Å². The molecule has 0 bridgehead atoms. The molecule has 5 heteroatoms. The van der Waals surface area contributed by atoms with Crippen molar-refractivity contribution in [3.63, 3.8) is 0 Å². The average molecular weight is 368 g/mol. The first-order valence-electron chi connectivity index (χ1n) is 8.74. The molecule has 0 N–H and O–H groups in total. The minimum absolute atomic E-state index is 0.0371. The van der Waals surface area contributed by atoms with Crippen molar-refractivity contribution in [2.45, 2.75) is 0 Å². The van der Waals surface area contributed by atoms with Gasteiger partial charge in [0.05, 0.1) is 17.3 Å². The number of rotatable bonds is 4. The molecular formula is C23H16N2O3. The molecule has 0 saturated heterocycles. The number of carbonyl (C=O) groups is 1. The van der Waals surface area contributed by atoms with Gasteiger partial charge in [-0.3, -0.25) is 9.36 Å². The van der Waals surface area contributed by atoms with Crippen LogP contribution >= 0.6 is 0 Å². The monoisotopic (exact) mass is 368 g/mol. The van der Waals surface area contributed by atoms with E-state index in [4.69, 9.17) is 4.74 Å². The third-order valence-electron chi connectivity index (χ3n) is 4.15. The molecule has 0 radical (unpaired) electrons. The maximum atomic E-state index is 12.9. The Kier molecular flexibility index (Phi) is 4.80. The first-order valence-corrected chi connectivity index (χ1v) is 8.74. The fourth-order valence-electron chi connectivity index (χ4n) is 2.85. The molecule has 0 fully saturated rings. The second-order valence-corrected chi connectivity index (χ2v) is 6.05. The number of benzene rings is 3. The molecule has 4 aromatic rings. The number of carbonyl (C=O) groups excluding carboxylic acids is 1. The van der Waals surface area contributed by atoms with E-state index in [-0.39, 0.29) is 11.4 Å².